The standard InChI is InChI=1S/C14H24N2O/c1-9(2)15-13(17)16-14-6-10-3-11(7-14)5-12(4-10)8-14/h9-12H,3-8H2,1-2H3,(H2,15,16,17). The third kappa shape index (κ3) is 2.16. The molecule has 2 amide bonds. The molecule has 0 spiro atoms. The van der Waals surface area contributed by atoms with Crippen molar-refractivity contribution < 1.29 is 4.79 Å². The Kier molecular flexibility index (Phi) is 2.60. The molecule has 4 rings (SSSR count). The lowest BCUT2D eigenvalue weighted by Gasteiger charge is -2.56. The van der Waals surface area contributed by atoms with E-state index in [1.54, 1.807) is 0 Å². The van der Waals surface area contributed by atoms with Crippen molar-refractivity contribution in [2.24, 2.45) is 17.8 Å². The molecule has 96 valence electrons. The monoisotopic (exact) mass is 236 g/mol. The van der Waals surface area contributed by atoms with Crippen LogP contribution in [0, 0.1) is 17.8 Å². The Balaban J connectivity index is 1.68. The summed E-state index contributed by atoms with van der Waals surface area (Å²) >= 11 is 0. The van der Waals surface area contributed by atoms with Gasteiger partial charge in [0.1, 0.15) is 0 Å². The molecule has 0 heterocycles. The number of rotatable bonds is 2. The van der Waals surface area contributed by atoms with Crippen molar-refractivity contribution in [2.45, 2.75) is 64.0 Å². The van der Waals surface area contributed by atoms with Crippen LogP contribution >= 0.6 is 0 Å². The van der Waals surface area contributed by atoms with E-state index in [1.807, 2.05) is 13.8 Å². The Labute approximate surface area is 104 Å². The minimum Gasteiger partial charge on any atom is -0.336 e. The number of hydrogen-bond donors (Lipinski definition) is 2. The third-order valence-corrected chi connectivity index (χ3v) is 4.84. The lowest BCUT2D eigenvalue weighted by molar-refractivity contribution is -0.0136. The lowest BCUT2D eigenvalue weighted by Crippen LogP contribution is -2.61. The maximum atomic E-state index is 11.9. The van der Waals surface area contributed by atoms with Gasteiger partial charge in [-0.3, -0.25) is 0 Å². The third-order valence-electron chi connectivity index (χ3n) is 4.84. The molecule has 0 aromatic rings. The van der Waals surface area contributed by atoms with E-state index < -0.39 is 0 Å². The fourth-order valence-corrected chi connectivity index (χ4v) is 4.80. The van der Waals surface area contributed by atoms with Gasteiger partial charge in [-0.15, -0.1) is 0 Å². The van der Waals surface area contributed by atoms with E-state index in [-0.39, 0.29) is 17.6 Å². The molecule has 4 aliphatic rings. The summed E-state index contributed by atoms with van der Waals surface area (Å²) in [6, 6.07) is 0.269. The van der Waals surface area contributed by atoms with Crippen LogP contribution in [-0.4, -0.2) is 17.6 Å². The van der Waals surface area contributed by atoms with Crippen LogP contribution in [-0.2, 0) is 0 Å². The second-order valence-corrected chi connectivity index (χ2v) is 6.95. The van der Waals surface area contributed by atoms with Gasteiger partial charge in [0.05, 0.1) is 0 Å². The molecule has 4 saturated carbocycles. The Hall–Kier alpha value is -0.730. The number of urea groups is 1. The molecule has 0 unspecified atom stereocenters. The normalized spacial score (nSPS) is 42.9. The zero-order valence-electron chi connectivity index (χ0n) is 11.0. The van der Waals surface area contributed by atoms with E-state index >= 15 is 0 Å². The molecule has 3 heteroatoms. The van der Waals surface area contributed by atoms with Crippen LogP contribution in [0.25, 0.3) is 0 Å². The Bertz CT molecular complexity index is 289. The van der Waals surface area contributed by atoms with Gasteiger partial charge in [-0.1, -0.05) is 0 Å². The SMILES string of the molecule is CC(C)NC(=O)NC12CC3CC(CC(C3)C1)C2. The summed E-state index contributed by atoms with van der Waals surface area (Å²) in [6.07, 6.45) is 7.95. The van der Waals surface area contributed by atoms with Crippen LogP contribution in [0.1, 0.15) is 52.4 Å². The van der Waals surface area contributed by atoms with Crippen molar-refractivity contribution in [3.05, 3.63) is 0 Å². The highest BCUT2D eigenvalue weighted by atomic mass is 16.2. The van der Waals surface area contributed by atoms with E-state index in [0.717, 1.165) is 17.8 Å². The van der Waals surface area contributed by atoms with Gasteiger partial charge in [0.2, 0.25) is 0 Å². The van der Waals surface area contributed by atoms with Crippen molar-refractivity contribution in [1.82, 2.24) is 10.6 Å². The molecule has 4 bridgehead atoms. The molecule has 4 aliphatic carbocycles. The molecule has 4 fully saturated rings. The van der Waals surface area contributed by atoms with Crippen LogP contribution in [0.2, 0.25) is 0 Å². The molecular weight excluding hydrogens is 212 g/mol. The summed E-state index contributed by atoms with van der Waals surface area (Å²) in [5, 5.41) is 6.27. The van der Waals surface area contributed by atoms with Crippen LogP contribution in [0.15, 0.2) is 0 Å². The Morgan fingerprint density at radius 3 is 1.94 bits per heavy atom. The van der Waals surface area contributed by atoms with Gasteiger partial charge in [0, 0.05) is 11.6 Å². The first-order chi connectivity index (χ1) is 8.05. The number of carbonyl (C=O) groups excluding carboxylic acids is 1. The molecule has 0 atom stereocenters. The average molecular weight is 236 g/mol. The maximum Gasteiger partial charge on any atom is 0.315 e. The van der Waals surface area contributed by atoms with E-state index in [1.165, 1.54) is 38.5 Å². The van der Waals surface area contributed by atoms with E-state index in [4.69, 9.17) is 0 Å². The second kappa shape index (κ2) is 3.89. The van der Waals surface area contributed by atoms with Gasteiger partial charge >= 0.3 is 6.03 Å². The van der Waals surface area contributed by atoms with Gasteiger partial charge in [-0.25, -0.2) is 4.79 Å². The maximum absolute atomic E-state index is 11.9. The van der Waals surface area contributed by atoms with E-state index in [9.17, 15) is 4.79 Å². The summed E-state index contributed by atoms with van der Waals surface area (Å²) in [4.78, 5) is 11.9. The molecule has 0 aromatic carbocycles. The van der Waals surface area contributed by atoms with Gasteiger partial charge in [0.15, 0.2) is 0 Å². The predicted molar refractivity (Wildman–Crippen MR) is 67.7 cm³/mol. The number of hydrogen-bond acceptors (Lipinski definition) is 1. The Morgan fingerprint density at radius 1 is 1.06 bits per heavy atom. The molecule has 17 heavy (non-hydrogen) atoms. The van der Waals surface area contributed by atoms with E-state index in [2.05, 4.69) is 10.6 Å². The predicted octanol–water partition coefficient (Wildman–Crippen LogP) is 2.66. The lowest BCUT2D eigenvalue weighted by atomic mass is 9.53. The highest BCUT2D eigenvalue weighted by Gasteiger charge is 2.51. The molecule has 0 aliphatic heterocycles. The minimum atomic E-state index is 0.0435. The van der Waals surface area contributed by atoms with Crippen molar-refractivity contribution in [1.29, 1.82) is 0 Å². The molecule has 0 saturated heterocycles. The van der Waals surface area contributed by atoms with Gasteiger partial charge in [-0.05, 0) is 70.1 Å². The van der Waals surface area contributed by atoms with Crippen LogP contribution < -0.4 is 10.6 Å². The van der Waals surface area contributed by atoms with E-state index in [0.29, 0.717) is 0 Å². The van der Waals surface area contributed by atoms with Gasteiger partial charge in [0.25, 0.3) is 0 Å². The molecule has 0 aromatic heterocycles. The van der Waals surface area contributed by atoms with Crippen molar-refractivity contribution >= 4 is 6.03 Å². The Morgan fingerprint density at radius 2 is 1.53 bits per heavy atom. The minimum absolute atomic E-state index is 0.0435. The highest BCUT2D eigenvalue weighted by Crippen LogP contribution is 2.55. The fraction of sp³-hybridized carbons (Fsp3) is 0.929. The zero-order valence-corrected chi connectivity index (χ0v) is 11.0. The topological polar surface area (TPSA) is 41.1 Å². The fourth-order valence-electron chi connectivity index (χ4n) is 4.80. The van der Waals surface area contributed by atoms with Crippen molar-refractivity contribution in [3.8, 4) is 0 Å². The summed E-state index contributed by atoms with van der Waals surface area (Å²) < 4.78 is 0. The molecule has 3 nitrogen and oxygen atoms in total. The molecule has 0 radical (unpaired) electrons. The van der Waals surface area contributed by atoms with Crippen LogP contribution in [0.5, 0.6) is 0 Å². The summed E-state index contributed by atoms with van der Waals surface area (Å²) in [7, 11) is 0. The van der Waals surface area contributed by atoms with Crippen molar-refractivity contribution in [3.63, 3.8) is 0 Å². The largest absolute Gasteiger partial charge is 0.336 e. The van der Waals surface area contributed by atoms with Crippen LogP contribution in [0.3, 0.4) is 0 Å². The van der Waals surface area contributed by atoms with Gasteiger partial charge < -0.3 is 10.6 Å². The number of nitrogens with one attached hydrogen (secondary N) is 2. The quantitative estimate of drug-likeness (QED) is 0.760. The average Bonchev–Trinajstić information content (AvgIpc) is 2.11. The first-order valence-corrected chi connectivity index (χ1v) is 7.13. The molecular formula is C14H24N2O. The molecule has 2 N–H and O–H groups in total. The highest BCUT2D eigenvalue weighted by molar-refractivity contribution is 5.75. The summed E-state index contributed by atoms with van der Waals surface area (Å²) in [5.74, 6) is 2.67. The number of amides is 2. The summed E-state index contributed by atoms with van der Waals surface area (Å²) in [5.41, 5.74) is 0.147. The zero-order chi connectivity index (χ0) is 12.0. The van der Waals surface area contributed by atoms with Crippen molar-refractivity contribution in [2.75, 3.05) is 0 Å². The second-order valence-electron chi connectivity index (χ2n) is 6.95. The van der Waals surface area contributed by atoms with Crippen LogP contribution in [0.4, 0.5) is 4.79 Å². The number of carbonyl (C=O) groups is 1. The first kappa shape index (κ1) is 11.4. The van der Waals surface area contributed by atoms with Gasteiger partial charge in [-0.2, -0.15) is 0 Å². The smallest absolute Gasteiger partial charge is 0.315 e. The first-order valence-electron chi connectivity index (χ1n) is 7.13. The summed E-state index contributed by atoms with van der Waals surface area (Å²) in [6.45, 7) is 4.03.